The third kappa shape index (κ3) is 3.41. The molecular weight excluding hydrogens is 295 g/mol. The van der Waals surface area contributed by atoms with Gasteiger partial charge in [-0.25, -0.2) is 12.8 Å². The van der Waals surface area contributed by atoms with Crippen molar-refractivity contribution in [1.82, 2.24) is 5.32 Å². The smallest absolute Gasteiger partial charge is 0.181 e. The van der Waals surface area contributed by atoms with E-state index in [0.29, 0.717) is 18.5 Å². The first-order valence-corrected chi connectivity index (χ1v) is 8.41. The van der Waals surface area contributed by atoms with Crippen LogP contribution in [0.25, 0.3) is 0 Å². The SMILES string of the molecule is C=O.O=S(=O)(c1ccc(N2CCNCC2)c(F)c1)C1CC1. The lowest BCUT2D eigenvalue weighted by Crippen LogP contribution is -2.43. The van der Waals surface area contributed by atoms with Crippen molar-refractivity contribution in [3.05, 3.63) is 24.0 Å². The lowest BCUT2D eigenvalue weighted by molar-refractivity contribution is -0.0979. The minimum absolute atomic E-state index is 0.117. The van der Waals surface area contributed by atoms with Gasteiger partial charge in [0.05, 0.1) is 15.8 Å². The minimum Gasteiger partial charge on any atom is -0.367 e. The molecule has 0 radical (unpaired) electrons. The number of nitrogens with one attached hydrogen (secondary N) is 1. The maximum absolute atomic E-state index is 14.1. The van der Waals surface area contributed by atoms with Crippen molar-refractivity contribution in [2.45, 2.75) is 23.0 Å². The lowest BCUT2D eigenvalue weighted by atomic mass is 10.2. The van der Waals surface area contributed by atoms with E-state index in [-0.39, 0.29) is 10.1 Å². The summed E-state index contributed by atoms with van der Waals surface area (Å²) in [6.45, 7) is 5.13. The van der Waals surface area contributed by atoms with Gasteiger partial charge in [-0.2, -0.15) is 0 Å². The highest BCUT2D eigenvalue weighted by Crippen LogP contribution is 2.34. The monoisotopic (exact) mass is 314 g/mol. The fraction of sp³-hybridized carbons (Fsp3) is 0.500. The molecule has 0 bridgehead atoms. The molecular formula is C14H19FN2O3S. The first-order chi connectivity index (χ1) is 10.1. The number of rotatable bonds is 3. The Labute approximate surface area is 124 Å². The van der Waals surface area contributed by atoms with Crippen LogP contribution in [0.4, 0.5) is 10.1 Å². The van der Waals surface area contributed by atoms with Crippen molar-refractivity contribution in [3.8, 4) is 0 Å². The van der Waals surface area contributed by atoms with Gasteiger partial charge in [-0.1, -0.05) is 0 Å². The second kappa shape index (κ2) is 6.53. The molecule has 0 amide bonds. The summed E-state index contributed by atoms with van der Waals surface area (Å²) >= 11 is 0. The Kier molecular flexibility index (Phi) is 4.95. The molecule has 0 spiro atoms. The first-order valence-electron chi connectivity index (χ1n) is 6.87. The second-order valence-corrected chi connectivity index (χ2v) is 7.32. The largest absolute Gasteiger partial charge is 0.367 e. The molecule has 1 aliphatic heterocycles. The van der Waals surface area contributed by atoms with Crippen molar-refractivity contribution in [2.75, 3.05) is 31.1 Å². The predicted molar refractivity (Wildman–Crippen MR) is 78.8 cm³/mol. The predicted octanol–water partition coefficient (Wildman–Crippen LogP) is 0.986. The fourth-order valence-corrected chi connectivity index (χ4v) is 4.06. The highest BCUT2D eigenvalue weighted by atomic mass is 32.2. The summed E-state index contributed by atoms with van der Waals surface area (Å²) in [5.74, 6) is -0.441. The van der Waals surface area contributed by atoms with Gasteiger partial charge in [0.2, 0.25) is 0 Å². The second-order valence-electron chi connectivity index (χ2n) is 5.09. The Hall–Kier alpha value is -1.47. The highest BCUT2D eigenvalue weighted by molar-refractivity contribution is 7.92. The average Bonchev–Trinajstić information content (AvgIpc) is 3.35. The fourth-order valence-electron chi connectivity index (χ4n) is 2.40. The normalized spacial score (nSPS) is 18.8. The zero-order valence-corrected chi connectivity index (χ0v) is 12.5. The molecule has 1 aromatic rings. The summed E-state index contributed by atoms with van der Waals surface area (Å²) in [4.78, 5) is 10.1. The lowest BCUT2D eigenvalue weighted by Gasteiger charge is -2.29. The van der Waals surface area contributed by atoms with E-state index in [0.717, 1.165) is 26.2 Å². The third-order valence-corrected chi connectivity index (χ3v) is 5.93. The molecule has 2 fully saturated rings. The third-order valence-electron chi connectivity index (χ3n) is 3.67. The minimum atomic E-state index is -3.31. The topological polar surface area (TPSA) is 66.5 Å². The number of benzene rings is 1. The van der Waals surface area contributed by atoms with E-state index in [4.69, 9.17) is 4.79 Å². The molecule has 21 heavy (non-hydrogen) atoms. The van der Waals surface area contributed by atoms with Gasteiger partial charge in [-0.05, 0) is 31.0 Å². The van der Waals surface area contributed by atoms with Crippen LogP contribution < -0.4 is 10.2 Å². The number of piperazine rings is 1. The summed E-state index contributed by atoms with van der Waals surface area (Å²) in [5, 5.41) is 2.91. The highest BCUT2D eigenvalue weighted by Gasteiger charge is 2.37. The first kappa shape index (κ1) is 15.9. The van der Waals surface area contributed by atoms with Gasteiger partial charge in [-0.3, -0.25) is 0 Å². The molecule has 3 rings (SSSR count). The Morgan fingerprint density at radius 2 is 1.81 bits per heavy atom. The van der Waals surface area contributed by atoms with Crippen LogP contribution in [0.5, 0.6) is 0 Å². The number of sulfone groups is 1. The number of carbonyl (C=O) groups is 1. The molecule has 1 heterocycles. The van der Waals surface area contributed by atoms with E-state index in [1.807, 2.05) is 11.7 Å². The Balaban J connectivity index is 0.000000774. The number of carbonyl (C=O) groups excluding carboxylic acids is 1. The number of hydrogen-bond acceptors (Lipinski definition) is 5. The number of nitrogens with zero attached hydrogens (tertiary/aromatic N) is 1. The molecule has 116 valence electrons. The summed E-state index contributed by atoms with van der Waals surface area (Å²) in [7, 11) is -3.31. The van der Waals surface area contributed by atoms with Gasteiger partial charge in [0.15, 0.2) is 9.84 Å². The van der Waals surface area contributed by atoms with Crippen LogP contribution in [0.1, 0.15) is 12.8 Å². The van der Waals surface area contributed by atoms with Gasteiger partial charge in [-0.15, -0.1) is 0 Å². The maximum atomic E-state index is 14.1. The van der Waals surface area contributed by atoms with Crippen molar-refractivity contribution >= 4 is 22.3 Å². The summed E-state index contributed by atoms with van der Waals surface area (Å²) in [6, 6.07) is 4.30. The molecule has 1 saturated carbocycles. The van der Waals surface area contributed by atoms with E-state index < -0.39 is 15.7 Å². The summed E-state index contributed by atoms with van der Waals surface area (Å²) in [6.07, 6.45) is 1.40. The quantitative estimate of drug-likeness (QED) is 0.901. The van der Waals surface area contributed by atoms with Gasteiger partial charge >= 0.3 is 0 Å². The van der Waals surface area contributed by atoms with Gasteiger partial charge in [0, 0.05) is 26.2 Å². The van der Waals surface area contributed by atoms with Gasteiger partial charge in [0.1, 0.15) is 12.6 Å². The summed E-state index contributed by atoms with van der Waals surface area (Å²) < 4.78 is 38.2. The van der Waals surface area contributed by atoms with Crippen molar-refractivity contribution in [2.24, 2.45) is 0 Å². The molecule has 1 saturated heterocycles. The van der Waals surface area contributed by atoms with Crippen LogP contribution in [-0.2, 0) is 14.6 Å². The van der Waals surface area contributed by atoms with Crippen LogP contribution in [-0.4, -0.2) is 46.6 Å². The van der Waals surface area contributed by atoms with E-state index in [1.165, 1.54) is 12.1 Å². The number of anilines is 1. The van der Waals surface area contributed by atoms with Crippen LogP contribution in [0.2, 0.25) is 0 Å². The van der Waals surface area contributed by atoms with Crippen molar-refractivity contribution in [1.29, 1.82) is 0 Å². The van der Waals surface area contributed by atoms with Crippen LogP contribution in [0.3, 0.4) is 0 Å². The van der Waals surface area contributed by atoms with Gasteiger partial charge < -0.3 is 15.0 Å². The van der Waals surface area contributed by atoms with Crippen molar-refractivity contribution < 1.29 is 17.6 Å². The molecule has 2 aliphatic rings. The molecule has 0 unspecified atom stereocenters. The van der Waals surface area contributed by atoms with Crippen LogP contribution >= 0.6 is 0 Å². The average molecular weight is 314 g/mol. The van der Waals surface area contributed by atoms with Crippen molar-refractivity contribution in [3.63, 3.8) is 0 Å². The van der Waals surface area contributed by atoms with E-state index in [9.17, 15) is 12.8 Å². The van der Waals surface area contributed by atoms with Crippen LogP contribution in [0, 0.1) is 5.82 Å². The molecule has 5 nitrogen and oxygen atoms in total. The summed E-state index contributed by atoms with van der Waals surface area (Å²) in [5.41, 5.74) is 0.497. The zero-order chi connectivity index (χ0) is 15.5. The van der Waals surface area contributed by atoms with E-state index in [1.54, 1.807) is 6.07 Å². The van der Waals surface area contributed by atoms with E-state index >= 15 is 0 Å². The maximum Gasteiger partial charge on any atom is 0.181 e. The molecule has 0 atom stereocenters. The number of halogens is 1. The standard InChI is InChI=1S/C13H17FN2O2S.CH2O/c14-12-9-11(19(17,18)10-1-2-10)3-4-13(12)16-7-5-15-6-8-16;1-2/h3-4,9-10,15H,1-2,5-8H2;1H2. The van der Waals surface area contributed by atoms with Crippen LogP contribution in [0.15, 0.2) is 23.1 Å². The Bertz CT molecular complexity index is 596. The Morgan fingerprint density at radius 1 is 1.19 bits per heavy atom. The zero-order valence-electron chi connectivity index (χ0n) is 11.7. The molecule has 1 aliphatic carbocycles. The molecule has 1 N–H and O–H groups in total. The number of hydrogen-bond donors (Lipinski definition) is 1. The Morgan fingerprint density at radius 3 is 2.33 bits per heavy atom. The van der Waals surface area contributed by atoms with E-state index in [2.05, 4.69) is 5.32 Å². The van der Waals surface area contributed by atoms with Gasteiger partial charge in [0.25, 0.3) is 0 Å². The molecule has 0 aromatic heterocycles. The molecule has 1 aromatic carbocycles. The molecule has 7 heteroatoms.